The maximum Gasteiger partial charge on any atom is 0.268 e. The van der Waals surface area contributed by atoms with Crippen molar-refractivity contribution in [1.29, 1.82) is 0 Å². The molecule has 0 bridgehead atoms. The average Bonchev–Trinajstić information content (AvgIpc) is 3.15. The maximum absolute atomic E-state index is 14.2. The van der Waals surface area contributed by atoms with Crippen LogP contribution >= 0.6 is 11.3 Å². The van der Waals surface area contributed by atoms with Gasteiger partial charge in [0.15, 0.2) is 11.6 Å². The summed E-state index contributed by atoms with van der Waals surface area (Å²) in [5, 5.41) is 5.34. The average molecular weight is 372 g/mol. The Hall–Kier alpha value is -2.84. The predicted molar refractivity (Wildman–Crippen MR) is 96.8 cm³/mol. The summed E-state index contributed by atoms with van der Waals surface area (Å²) in [5.41, 5.74) is 5.92. The minimum absolute atomic E-state index is 0.0155. The number of nitrogens with zero attached hydrogens (tertiary/aromatic N) is 2. The molecule has 0 unspecified atom stereocenters. The second-order valence-corrected chi connectivity index (χ2v) is 6.51. The molecule has 26 heavy (non-hydrogen) atoms. The first-order chi connectivity index (χ1) is 12.6. The number of rotatable bonds is 8. The van der Waals surface area contributed by atoms with E-state index in [9.17, 15) is 9.18 Å². The fourth-order valence-electron chi connectivity index (χ4n) is 2.25. The van der Waals surface area contributed by atoms with E-state index in [0.29, 0.717) is 6.54 Å². The van der Waals surface area contributed by atoms with Crippen molar-refractivity contribution in [2.24, 2.45) is 5.73 Å². The smallest absolute Gasteiger partial charge is 0.268 e. The number of halogens is 1. The van der Waals surface area contributed by atoms with E-state index >= 15 is 0 Å². The van der Waals surface area contributed by atoms with Gasteiger partial charge in [-0.05, 0) is 35.6 Å². The first-order valence-corrected chi connectivity index (χ1v) is 8.81. The number of benzene rings is 1. The third-order valence-electron chi connectivity index (χ3n) is 3.55. The molecule has 0 aliphatic heterocycles. The standard InChI is InChI=1S/C18H17FN4O2S/c19-14-8-12(9-21-6-5-13-2-1-7-26-13)3-4-16(14)25-17-11-22-15(10-23-17)18(20)24/h1-4,7-8,10-11,21H,5-6,9H2,(H2,20,24). The van der Waals surface area contributed by atoms with Crippen LogP contribution in [0.25, 0.3) is 0 Å². The molecule has 6 nitrogen and oxygen atoms in total. The molecule has 2 heterocycles. The normalized spacial score (nSPS) is 10.7. The van der Waals surface area contributed by atoms with Crippen LogP contribution in [0.4, 0.5) is 4.39 Å². The Balaban J connectivity index is 1.54. The van der Waals surface area contributed by atoms with E-state index < -0.39 is 11.7 Å². The second kappa shape index (κ2) is 8.50. The van der Waals surface area contributed by atoms with E-state index in [2.05, 4.69) is 26.7 Å². The summed E-state index contributed by atoms with van der Waals surface area (Å²) in [5.74, 6) is -1.07. The molecule has 3 aromatic rings. The van der Waals surface area contributed by atoms with Gasteiger partial charge >= 0.3 is 0 Å². The third-order valence-corrected chi connectivity index (χ3v) is 4.48. The van der Waals surface area contributed by atoms with E-state index in [1.54, 1.807) is 17.4 Å². The molecule has 3 N–H and O–H groups in total. The monoisotopic (exact) mass is 372 g/mol. The molecule has 2 aromatic heterocycles. The predicted octanol–water partition coefficient (Wildman–Crippen LogP) is 2.90. The molecule has 0 atom stereocenters. The molecule has 8 heteroatoms. The molecule has 1 amide bonds. The van der Waals surface area contributed by atoms with Crippen molar-refractivity contribution < 1.29 is 13.9 Å². The minimum atomic E-state index is -0.689. The Morgan fingerprint density at radius 2 is 2.15 bits per heavy atom. The van der Waals surface area contributed by atoms with E-state index in [0.717, 1.165) is 18.5 Å². The van der Waals surface area contributed by atoms with E-state index in [1.807, 2.05) is 6.07 Å². The maximum atomic E-state index is 14.2. The molecule has 0 fully saturated rings. The second-order valence-electron chi connectivity index (χ2n) is 5.48. The molecule has 0 saturated carbocycles. The van der Waals surface area contributed by atoms with Crippen molar-refractivity contribution in [2.75, 3.05) is 6.54 Å². The van der Waals surface area contributed by atoms with Gasteiger partial charge in [-0.3, -0.25) is 4.79 Å². The van der Waals surface area contributed by atoms with Crippen LogP contribution in [0, 0.1) is 5.82 Å². The zero-order valence-corrected chi connectivity index (χ0v) is 14.6. The van der Waals surface area contributed by atoms with Crippen LogP contribution in [0.2, 0.25) is 0 Å². The van der Waals surface area contributed by atoms with Gasteiger partial charge in [0.25, 0.3) is 5.91 Å². The molecule has 0 radical (unpaired) electrons. The molecular formula is C18H17FN4O2S. The number of aromatic nitrogens is 2. The van der Waals surface area contributed by atoms with Crippen LogP contribution in [0.15, 0.2) is 48.1 Å². The van der Waals surface area contributed by atoms with Crippen LogP contribution in [0.5, 0.6) is 11.6 Å². The summed E-state index contributed by atoms with van der Waals surface area (Å²) in [6, 6.07) is 8.85. The van der Waals surface area contributed by atoms with Crippen LogP contribution in [0.3, 0.4) is 0 Å². The van der Waals surface area contributed by atoms with E-state index in [1.165, 1.54) is 29.4 Å². The highest BCUT2D eigenvalue weighted by Crippen LogP contribution is 2.23. The SMILES string of the molecule is NC(=O)c1cnc(Oc2ccc(CNCCc3cccs3)cc2F)cn1. The van der Waals surface area contributed by atoms with Gasteiger partial charge in [-0.15, -0.1) is 11.3 Å². The van der Waals surface area contributed by atoms with Crippen LogP contribution in [-0.2, 0) is 13.0 Å². The van der Waals surface area contributed by atoms with Gasteiger partial charge in [0.1, 0.15) is 5.69 Å². The quantitative estimate of drug-likeness (QED) is 0.594. The number of thiophene rings is 1. The van der Waals surface area contributed by atoms with E-state index in [4.69, 9.17) is 10.5 Å². The highest BCUT2D eigenvalue weighted by molar-refractivity contribution is 7.09. The number of carbonyl (C=O) groups excluding carboxylic acids is 1. The lowest BCUT2D eigenvalue weighted by Gasteiger charge is -2.08. The molecule has 0 spiro atoms. The topological polar surface area (TPSA) is 90.1 Å². The number of primary amides is 1. The van der Waals surface area contributed by atoms with Crippen molar-refractivity contribution in [3.63, 3.8) is 0 Å². The number of carbonyl (C=O) groups is 1. The van der Waals surface area contributed by atoms with Crippen molar-refractivity contribution in [2.45, 2.75) is 13.0 Å². The number of ether oxygens (including phenoxy) is 1. The molecule has 3 rings (SSSR count). The van der Waals surface area contributed by atoms with Crippen LogP contribution in [0.1, 0.15) is 20.9 Å². The van der Waals surface area contributed by atoms with Gasteiger partial charge in [-0.2, -0.15) is 0 Å². The Labute approximate surface area is 153 Å². The lowest BCUT2D eigenvalue weighted by Crippen LogP contribution is -2.16. The van der Waals surface area contributed by atoms with Crippen molar-refractivity contribution in [1.82, 2.24) is 15.3 Å². The largest absolute Gasteiger partial charge is 0.434 e. The number of hydrogen-bond acceptors (Lipinski definition) is 6. The first kappa shape index (κ1) is 18.0. The summed E-state index contributed by atoms with van der Waals surface area (Å²) in [6.45, 7) is 1.39. The molecule has 0 aliphatic carbocycles. The van der Waals surface area contributed by atoms with Crippen LogP contribution in [-0.4, -0.2) is 22.4 Å². The van der Waals surface area contributed by atoms with Gasteiger partial charge in [0.05, 0.1) is 12.4 Å². The summed E-state index contributed by atoms with van der Waals surface area (Å²) >= 11 is 1.72. The van der Waals surface area contributed by atoms with E-state index in [-0.39, 0.29) is 17.3 Å². The molecule has 0 saturated heterocycles. The highest BCUT2D eigenvalue weighted by atomic mass is 32.1. The Morgan fingerprint density at radius 3 is 2.81 bits per heavy atom. The van der Waals surface area contributed by atoms with Gasteiger partial charge in [-0.25, -0.2) is 14.4 Å². The van der Waals surface area contributed by atoms with Crippen molar-refractivity contribution >= 4 is 17.2 Å². The summed E-state index contributed by atoms with van der Waals surface area (Å²) < 4.78 is 19.6. The van der Waals surface area contributed by atoms with Gasteiger partial charge < -0.3 is 15.8 Å². The van der Waals surface area contributed by atoms with Crippen molar-refractivity contribution in [3.05, 3.63) is 70.1 Å². The number of hydrogen-bond donors (Lipinski definition) is 2. The summed E-state index contributed by atoms with van der Waals surface area (Å²) in [6.07, 6.45) is 3.35. The number of amides is 1. The van der Waals surface area contributed by atoms with Gasteiger partial charge in [-0.1, -0.05) is 12.1 Å². The van der Waals surface area contributed by atoms with Crippen LogP contribution < -0.4 is 15.8 Å². The lowest BCUT2D eigenvalue weighted by atomic mass is 10.2. The summed E-state index contributed by atoms with van der Waals surface area (Å²) in [7, 11) is 0. The molecular weight excluding hydrogens is 355 g/mol. The van der Waals surface area contributed by atoms with Crippen molar-refractivity contribution in [3.8, 4) is 11.6 Å². The molecule has 0 aliphatic rings. The fraction of sp³-hybridized carbons (Fsp3) is 0.167. The molecule has 1 aromatic carbocycles. The Morgan fingerprint density at radius 1 is 1.27 bits per heavy atom. The zero-order chi connectivity index (χ0) is 18.4. The Kier molecular flexibility index (Phi) is 5.88. The molecule has 134 valence electrons. The first-order valence-electron chi connectivity index (χ1n) is 7.93. The minimum Gasteiger partial charge on any atom is -0.434 e. The number of nitrogens with one attached hydrogen (secondary N) is 1. The lowest BCUT2D eigenvalue weighted by molar-refractivity contribution is 0.0995. The summed E-state index contributed by atoms with van der Waals surface area (Å²) in [4.78, 5) is 19.9. The van der Waals surface area contributed by atoms with Gasteiger partial charge in [0.2, 0.25) is 5.88 Å². The third kappa shape index (κ3) is 4.84. The Bertz CT molecular complexity index is 869. The highest BCUT2D eigenvalue weighted by Gasteiger charge is 2.09. The number of nitrogens with two attached hydrogens (primary N) is 1. The fourth-order valence-corrected chi connectivity index (χ4v) is 2.95. The zero-order valence-electron chi connectivity index (χ0n) is 13.8. The van der Waals surface area contributed by atoms with Gasteiger partial charge in [0, 0.05) is 18.0 Å².